The van der Waals surface area contributed by atoms with Crippen LogP contribution in [0.5, 0.6) is 11.5 Å². The zero-order chi connectivity index (χ0) is 19.2. The van der Waals surface area contributed by atoms with Crippen molar-refractivity contribution in [1.82, 2.24) is 0 Å². The Morgan fingerprint density at radius 2 is 0.960 bits per heavy atom. The Labute approximate surface area is 152 Å². The molecule has 2 nitrogen and oxygen atoms in total. The summed E-state index contributed by atoms with van der Waals surface area (Å²) < 4.78 is 0. The van der Waals surface area contributed by atoms with E-state index in [1.807, 2.05) is 24.3 Å². The molecule has 0 amide bonds. The van der Waals surface area contributed by atoms with Gasteiger partial charge in [0.15, 0.2) is 0 Å². The van der Waals surface area contributed by atoms with E-state index in [2.05, 4.69) is 55.4 Å². The smallest absolute Gasteiger partial charge is 0.116 e. The average molecular weight is 341 g/mol. The van der Waals surface area contributed by atoms with Crippen LogP contribution in [0.2, 0.25) is 0 Å². The molecule has 0 heterocycles. The van der Waals surface area contributed by atoms with Crippen molar-refractivity contribution in [3.8, 4) is 11.5 Å². The highest BCUT2D eigenvalue weighted by molar-refractivity contribution is 5.51. The van der Waals surface area contributed by atoms with Crippen LogP contribution in [-0.2, 0) is 17.3 Å². The number of benzene rings is 2. The lowest BCUT2D eigenvalue weighted by molar-refractivity contribution is 0.469. The van der Waals surface area contributed by atoms with E-state index in [1.54, 1.807) is 0 Å². The molecule has 0 unspecified atom stereocenters. The van der Waals surface area contributed by atoms with Gasteiger partial charge in [-0.1, -0.05) is 41.5 Å². The first-order valence-electron chi connectivity index (χ1n) is 8.96. The molecule has 0 bridgehead atoms. The van der Waals surface area contributed by atoms with Crippen molar-refractivity contribution in [2.75, 3.05) is 0 Å². The molecule has 136 valence electrons. The van der Waals surface area contributed by atoms with E-state index in [-0.39, 0.29) is 10.8 Å². The van der Waals surface area contributed by atoms with E-state index >= 15 is 0 Å². The van der Waals surface area contributed by atoms with Gasteiger partial charge in [0.05, 0.1) is 0 Å². The third-order valence-electron chi connectivity index (χ3n) is 4.89. The van der Waals surface area contributed by atoms with Crippen molar-refractivity contribution in [3.63, 3.8) is 0 Å². The number of hydrogen-bond acceptors (Lipinski definition) is 2. The highest BCUT2D eigenvalue weighted by Crippen LogP contribution is 2.37. The normalized spacial score (nSPS) is 12.5. The van der Waals surface area contributed by atoms with E-state index in [1.165, 1.54) is 22.3 Å². The number of hydrogen-bond donors (Lipinski definition) is 2. The number of aryl methyl sites for hydroxylation is 2. The molecule has 0 aliphatic heterocycles. The standard InChI is InChI=1S/C23H32O2/c1-14-9-16(24)11-20(22(3,4)5)18(14)13-19-15(2)10-17(25)12-21(19)23(6,7)8/h9-12,24-25H,13H2,1-8H3. The molecule has 0 aromatic heterocycles. The first-order chi connectivity index (χ1) is 11.3. The molecule has 0 fully saturated rings. The molecule has 0 aliphatic rings. The van der Waals surface area contributed by atoms with Crippen LogP contribution in [0.15, 0.2) is 24.3 Å². The molecular weight excluding hydrogens is 308 g/mol. The van der Waals surface area contributed by atoms with Gasteiger partial charge in [-0.15, -0.1) is 0 Å². The largest absolute Gasteiger partial charge is 0.508 e. The summed E-state index contributed by atoms with van der Waals surface area (Å²) in [5.74, 6) is 0.647. The van der Waals surface area contributed by atoms with Crippen molar-refractivity contribution in [3.05, 3.63) is 57.6 Å². The molecule has 2 heteroatoms. The Kier molecular flexibility index (Phi) is 4.96. The van der Waals surface area contributed by atoms with E-state index in [9.17, 15) is 10.2 Å². The van der Waals surface area contributed by atoms with E-state index in [0.29, 0.717) is 11.5 Å². The molecule has 2 N–H and O–H groups in total. The van der Waals surface area contributed by atoms with Gasteiger partial charge in [-0.3, -0.25) is 0 Å². The zero-order valence-corrected chi connectivity index (χ0v) is 16.9. The molecule has 2 aromatic rings. The maximum atomic E-state index is 10.1. The average Bonchev–Trinajstić information content (AvgIpc) is 2.40. The molecular formula is C23H32O2. The van der Waals surface area contributed by atoms with Gasteiger partial charge in [-0.2, -0.15) is 0 Å². The zero-order valence-electron chi connectivity index (χ0n) is 16.9. The predicted octanol–water partition coefficient (Wildman–Crippen LogP) is 5.90. The summed E-state index contributed by atoms with van der Waals surface area (Å²) in [6.45, 7) is 17.2. The summed E-state index contributed by atoms with van der Waals surface area (Å²) in [4.78, 5) is 0. The van der Waals surface area contributed by atoms with Gasteiger partial charge >= 0.3 is 0 Å². The van der Waals surface area contributed by atoms with Crippen LogP contribution in [0.25, 0.3) is 0 Å². The number of rotatable bonds is 2. The molecule has 0 saturated carbocycles. The Morgan fingerprint density at radius 3 is 1.24 bits per heavy atom. The Morgan fingerprint density at radius 1 is 0.640 bits per heavy atom. The van der Waals surface area contributed by atoms with Crippen LogP contribution in [0, 0.1) is 13.8 Å². The lowest BCUT2D eigenvalue weighted by atomic mass is 9.76. The van der Waals surface area contributed by atoms with Crippen molar-refractivity contribution in [1.29, 1.82) is 0 Å². The number of aromatic hydroxyl groups is 2. The fourth-order valence-electron chi connectivity index (χ4n) is 3.58. The summed E-state index contributed by atoms with van der Waals surface area (Å²) in [6.07, 6.45) is 0.803. The van der Waals surface area contributed by atoms with Crippen LogP contribution >= 0.6 is 0 Å². The lowest BCUT2D eigenvalue weighted by Gasteiger charge is -2.28. The highest BCUT2D eigenvalue weighted by atomic mass is 16.3. The molecule has 0 saturated heterocycles. The Balaban J connectivity index is 2.70. The second kappa shape index (κ2) is 6.40. The van der Waals surface area contributed by atoms with Crippen molar-refractivity contribution < 1.29 is 10.2 Å². The SMILES string of the molecule is Cc1cc(O)cc(C(C)(C)C)c1Cc1c(C)cc(O)cc1C(C)(C)C. The summed E-state index contributed by atoms with van der Waals surface area (Å²) in [5.41, 5.74) is 7.01. The van der Waals surface area contributed by atoms with E-state index < -0.39 is 0 Å². The quantitative estimate of drug-likeness (QED) is 0.714. The van der Waals surface area contributed by atoms with Crippen LogP contribution in [0.3, 0.4) is 0 Å². The molecule has 0 spiro atoms. The van der Waals surface area contributed by atoms with Crippen molar-refractivity contribution in [2.45, 2.75) is 72.6 Å². The van der Waals surface area contributed by atoms with Crippen LogP contribution in [0.1, 0.15) is 74.9 Å². The third-order valence-corrected chi connectivity index (χ3v) is 4.89. The third kappa shape index (κ3) is 4.18. The summed E-state index contributed by atoms with van der Waals surface area (Å²) in [6, 6.07) is 7.48. The predicted molar refractivity (Wildman–Crippen MR) is 106 cm³/mol. The number of phenolic OH excluding ortho intramolecular Hbond substituents is 2. The van der Waals surface area contributed by atoms with Gasteiger partial charge in [0.25, 0.3) is 0 Å². The fraction of sp³-hybridized carbons (Fsp3) is 0.478. The Bertz CT molecular complexity index is 720. The monoisotopic (exact) mass is 340 g/mol. The maximum Gasteiger partial charge on any atom is 0.116 e. The van der Waals surface area contributed by atoms with E-state index in [0.717, 1.165) is 17.5 Å². The van der Waals surface area contributed by atoms with Crippen molar-refractivity contribution >= 4 is 0 Å². The van der Waals surface area contributed by atoms with Crippen molar-refractivity contribution in [2.24, 2.45) is 0 Å². The van der Waals surface area contributed by atoms with Gasteiger partial charge in [-0.25, -0.2) is 0 Å². The first-order valence-corrected chi connectivity index (χ1v) is 8.96. The molecule has 2 rings (SSSR count). The van der Waals surface area contributed by atoms with E-state index in [4.69, 9.17) is 0 Å². The second-order valence-corrected chi connectivity index (χ2v) is 9.25. The molecule has 2 aromatic carbocycles. The summed E-state index contributed by atoms with van der Waals surface area (Å²) >= 11 is 0. The minimum Gasteiger partial charge on any atom is -0.508 e. The minimum atomic E-state index is -0.0500. The summed E-state index contributed by atoms with van der Waals surface area (Å²) in [5, 5.41) is 20.2. The van der Waals surface area contributed by atoms with Crippen LogP contribution in [-0.4, -0.2) is 10.2 Å². The fourth-order valence-corrected chi connectivity index (χ4v) is 3.58. The topological polar surface area (TPSA) is 40.5 Å². The van der Waals surface area contributed by atoms with Crippen LogP contribution < -0.4 is 0 Å². The molecule has 0 radical (unpaired) electrons. The maximum absolute atomic E-state index is 10.1. The van der Waals surface area contributed by atoms with Crippen LogP contribution in [0.4, 0.5) is 0 Å². The highest BCUT2D eigenvalue weighted by Gasteiger charge is 2.25. The van der Waals surface area contributed by atoms with Gasteiger partial charge < -0.3 is 10.2 Å². The lowest BCUT2D eigenvalue weighted by Crippen LogP contribution is -2.19. The molecule has 25 heavy (non-hydrogen) atoms. The van der Waals surface area contributed by atoms with Gasteiger partial charge in [0, 0.05) is 0 Å². The summed E-state index contributed by atoms with van der Waals surface area (Å²) in [7, 11) is 0. The Hall–Kier alpha value is -1.96. The van der Waals surface area contributed by atoms with Gasteiger partial charge in [0.2, 0.25) is 0 Å². The number of phenols is 2. The molecule has 0 aliphatic carbocycles. The minimum absolute atomic E-state index is 0.0500. The second-order valence-electron chi connectivity index (χ2n) is 9.25. The van der Waals surface area contributed by atoms with Gasteiger partial charge in [-0.05, 0) is 88.7 Å². The van der Waals surface area contributed by atoms with Gasteiger partial charge in [0.1, 0.15) is 11.5 Å². The molecule has 0 atom stereocenters. The first kappa shape index (κ1) is 19.4.